The molecule has 1 atom stereocenters. The Morgan fingerprint density at radius 2 is 2.20 bits per heavy atom. The van der Waals surface area contributed by atoms with E-state index in [0.29, 0.717) is 6.42 Å². The van der Waals surface area contributed by atoms with Crippen LogP contribution in [0.2, 0.25) is 0 Å². The van der Waals surface area contributed by atoms with Crippen LogP contribution in [0.4, 0.5) is 0 Å². The smallest absolute Gasteiger partial charge is 0.230 e. The Bertz CT molecular complexity index is 226. The maximum atomic E-state index is 11.6. The van der Waals surface area contributed by atoms with Gasteiger partial charge < -0.3 is 5.32 Å². The minimum atomic E-state index is -0.337. The number of hydrogen-bond acceptors (Lipinski definition) is 2. The zero-order valence-corrected chi connectivity index (χ0v) is 9.55. The number of rotatable bonds is 6. The van der Waals surface area contributed by atoms with Gasteiger partial charge >= 0.3 is 0 Å². The molecule has 1 saturated carbocycles. The zero-order valence-electron chi connectivity index (χ0n) is 9.55. The van der Waals surface area contributed by atoms with Gasteiger partial charge in [0.15, 0.2) is 0 Å². The van der Waals surface area contributed by atoms with E-state index in [1.807, 2.05) is 0 Å². The van der Waals surface area contributed by atoms with E-state index < -0.39 is 0 Å². The quantitative estimate of drug-likeness (QED) is 0.540. The van der Waals surface area contributed by atoms with Crippen LogP contribution >= 0.6 is 0 Å². The van der Waals surface area contributed by atoms with Gasteiger partial charge in [0.25, 0.3) is 0 Å². The molecule has 1 fully saturated rings. The summed E-state index contributed by atoms with van der Waals surface area (Å²) in [5.74, 6) is -0.258. The minimum absolute atomic E-state index is 0.0472. The topological polar surface area (TPSA) is 46.2 Å². The molecule has 0 aliphatic heterocycles. The van der Waals surface area contributed by atoms with E-state index in [9.17, 15) is 9.59 Å². The molecule has 0 aromatic rings. The summed E-state index contributed by atoms with van der Waals surface area (Å²) in [5, 5.41) is 2.85. The van der Waals surface area contributed by atoms with E-state index in [4.69, 9.17) is 0 Å². The van der Waals surface area contributed by atoms with E-state index >= 15 is 0 Å². The molecule has 15 heavy (non-hydrogen) atoms. The van der Waals surface area contributed by atoms with Gasteiger partial charge in [0.1, 0.15) is 5.78 Å². The summed E-state index contributed by atoms with van der Waals surface area (Å²) >= 11 is 0. The van der Waals surface area contributed by atoms with Crippen molar-refractivity contribution < 1.29 is 9.59 Å². The van der Waals surface area contributed by atoms with Crippen LogP contribution in [0.3, 0.4) is 0 Å². The number of unbranched alkanes of at least 4 members (excludes halogenated alkanes) is 3. The first kappa shape index (κ1) is 12.2. The normalized spacial score (nSPS) is 20.6. The number of ketones is 1. The van der Waals surface area contributed by atoms with E-state index in [0.717, 1.165) is 32.2 Å². The molecule has 1 amide bonds. The molecule has 0 radical (unpaired) electrons. The van der Waals surface area contributed by atoms with Crippen molar-refractivity contribution in [3.05, 3.63) is 0 Å². The maximum absolute atomic E-state index is 11.6. The first-order valence-electron chi connectivity index (χ1n) is 6.06. The van der Waals surface area contributed by atoms with Crippen molar-refractivity contribution in [3.8, 4) is 0 Å². The molecule has 1 unspecified atom stereocenters. The fourth-order valence-electron chi connectivity index (χ4n) is 1.98. The SMILES string of the molecule is CCCCCCNC(=O)C1CCCC1=O. The molecule has 1 aliphatic rings. The first-order valence-corrected chi connectivity index (χ1v) is 6.06. The van der Waals surface area contributed by atoms with Crippen molar-refractivity contribution in [2.45, 2.75) is 51.9 Å². The van der Waals surface area contributed by atoms with E-state index in [-0.39, 0.29) is 17.6 Å². The molecule has 1 aliphatic carbocycles. The average molecular weight is 211 g/mol. The standard InChI is InChI=1S/C12H21NO2/c1-2-3-4-5-9-13-12(15)10-7-6-8-11(10)14/h10H,2-9H2,1H3,(H,13,15). The molecule has 1 N–H and O–H groups in total. The number of carbonyl (C=O) groups is 2. The number of nitrogens with one attached hydrogen (secondary N) is 1. The van der Waals surface area contributed by atoms with Crippen molar-refractivity contribution in [2.24, 2.45) is 5.92 Å². The molecule has 0 aromatic carbocycles. The summed E-state index contributed by atoms with van der Waals surface area (Å²) in [6, 6.07) is 0. The maximum Gasteiger partial charge on any atom is 0.230 e. The van der Waals surface area contributed by atoms with Crippen molar-refractivity contribution in [3.63, 3.8) is 0 Å². The van der Waals surface area contributed by atoms with Gasteiger partial charge in [-0.1, -0.05) is 26.2 Å². The largest absolute Gasteiger partial charge is 0.355 e. The number of hydrogen-bond donors (Lipinski definition) is 1. The van der Waals surface area contributed by atoms with Crippen LogP contribution in [-0.2, 0) is 9.59 Å². The highest BCUT2D eigenvalue weighted by Gasteiger charge is 2.30. The Morgan fingerprint density at radius 3 is 2.80 bits per heavy atom. The zero-order chi connectivity index (χ0) is 11.1. The Hall–Kier alpha value is -0.860. The van der Waals surface area contributed by atoms with Crippen LogP contribution in [0.1, 0.15) is 51.9 Å². The fourth-order valence-corrected chi connectivity index (χ4v) is 1.98. The van der Waals surface area contributed by atoms with Crippen molar-refractivity contribution in [1.29, 1.82) is 0 Å². The highest BCUT2D eigenvalue weighted by Crippen LogP contribution is 2.21. The van der Waals surface area contributed by atoms with Crippen LogP contribution in [0, 0.1) is 5.92 Å². The molecule has 3 nitrogen and oxygen atoms in total. The molecule has 0 aromatic heterocycles. The lowest BCUT2D eigenvalue weighted by Gasteiger charge is -2.08. The summed E-state index contributed by atoms with van der Waals surface area (Å²) in [6.45, 7) is 2.89. The molecule has 0 spiro atoms. The minimum Gasteiger partial charge on any atom is -0.355 e. The van der Waals surface area contributed by atoms with Gasteiger partial charge in [0.2, 0.25) is 5.91 Å². The third-order valence-electron chi connectivity index (χ3n) is 2.95. The lowest BCUT2D eigenvalue weighted by Crippen LogP contribution is -2.33. The summed E-state index contributed by atoms with van der Waals surface area (Å²) in [6.07, 6.45) is 6.84. The lowest BCUT2D eigenvalue weighted by molar-refractivity contribution is -0.132. The molecule has 86 valence electrons. The first-order chi connectivity index (χ1) is 7.25. The Morgan fingerprint density at radius 1 is 1.40 bits per heavy atom. The van der Waals surface area contributed by atoms with Gasteiger partial charge in [-0.15, -0.1) is 0 Å². The molecular weight excluding hydrogens is 190 g/mol. The van der Waals surface area contributed by atoms with Crippen LogP contribution in [-0.4, -0.2) is 18.2 Å². The second-order valence-electron chi connectivity index (χ2n) is 4.26. The number of carbonyl (C=O) groups excluding carboxylic acids is 2. The molecule has 3 heteroatoms. The van der Waals surface area contributed by atoms with E-state index in [1.54, 1.807) is 0 Å². The van der Waals surface area contributed by atoms with Gasteiger partial charge in [0.05, 0.1) is 5.92 Å². The Labute approximate surface area is 91.6 Å². The van der Waals surface area contributed by atoms with Gasteiger partial charge in [-0.05, 0) is 19.3 Å². The second-order valence-corrected chi connectivity index (χ2v) is 4.26. The summed E-state index contributed by atoms with van der Waals surface area (Å²) in [4.78, 5) is 22.8. The molecule has 1 rings (SSSR count). The predicted molar refractivity (Wildman–Crippen MR) is 59.5 cm³/mol. The van der Waals surface area contributed by atoms with Crippen LogP contribution in [0.25, 0.3) is 0 Å². The lowest BCUT2D eigenvalue weighted by atomic mass is 10.1. The highest BCUT2D eigenvalue weighted by molar-refractivity contribution is 6.02. The van der Waals surface area contributed by atoms with E-state index in [1.165, 1.54) is 12.8 Å². The van der Waals surface area contributed by atoms with Gasteiger partial charge in [-0.3, -0.25) is 9.59 Å². The third-order valence-corrected chi connectivity index (χ3v) is 2.95. The number of Topliss-reactive ketones (excluding diaryl/α,β-unsaturated/α-hetero) is 1. The monoisotopic (exact) mass is 211 g/mol. The Balaban J connectivity index is 2.10. The fraction of sp³-hybridized carbons (Fsp3) is 0.833. The van der Waals surface area contributed by atoms with Gasteiger partial charge in [-0.2, -0.15) is 0 Å². The summed E-state index contributed by atoms with van der Waals surface area (Å²) in [7, 11) is 0. The van der Waals surface area contributed by atoms with E-state index in [2.05, 4.69) is 12.2 Å². The van der Waals surface area contributed by atoms with Crippen LogP contribution < -0.4 is 5.32 Å². The summed E-state index contributed by atoms with van der Waals surface area (Å²) in [5.41, 5.74) is 0. The van der Waals surface area contributed by atoms with Crippen LogP contribution in [0.5, 0.6) is 0 Å². The predicted octanol–water partition coefficient (Wildman–Crippen LogP) is 2.05. The van der Waals surface area contributed by atoms with Crippen molar-refractivity contribution in [1.82, 2.24) is 5.32 Å². The molecule has 0 saturated heterocycles. The number of amides is 1. The third kappa shape index (κ3) is 4.02. The summed E-state index contributed by atoms with van der Waals surface area (Å²) < 4.78 is 0. The van der Waals surface area contributed by atoms with Gasteiger partial charge in [0, 0.05) is 13.0 Å². The van der Waals surface area contributed by atoms with Gasteiger partial charge in [-0.25, -0.2) is 0 Å². The molecular formula is C12H21NO2. The van der Waals surface area contributed by atoms with Crippen molar-refractivity contribution >= 4 is 11.7 Å². The average Bonchev–Trinajstić information content (AvgIpc) is 2.64. The second kappa shape index (κ2) is 6.59. The van der Waals surface area contributed by atoms with Crippen molar-refractivity contribution in [2.75, 3.05) is 6.54 Å². The van der Waals surface area contributed by atoms with Crippen LogP contribution in [0.15, 0.2) is 0 Å². The Kier molecular flexibility index (Phi) is 5.37. The molecule has 0 heterocycles. The molecule has 0 bridgehead atoms. The highest BCUT2D eigenvalue weighted by atomic mass is 16.2.